The molecule has 0 aliphatic rings. The Morgan fingerprint density at radius 3 is 2.38 bits per heavy atom. The summed E-state index contributed by atoms with van der Waals surface area (Å²) < 4.78 is 25.3. The summed E-state index contributed by atoms with van der Waals surface area (Å²) in [6.07, 6.45) is 3.51. The van der Waals surface area contributed by atoms with Crippen molar-refractivity contribution in [3.8, 4) is 0 Å². The van der Waals surface area contributed by atoms with E-state index < -0.39 is 9.84 Å². The Bertz CT molecular complexity index is 204. The van der Waals surface area contributed by atoms with Crippen LogP contribution in [0.5, 0.6) is 0 Å². The molecule has 0 unspecified atom stereocenters. The third-order valence-electron chi connectivity index (χ3n) is 1.74. The third-order valence-corrected chi connectivity index (χ3v) is 4.08. The van der Waals surface area contributed by atoms with Gasteiger partial charge < -0.3 is 0 Å². The van der Waals surface area contributed by atoms with Crippen LogP contribution < -0.4 is 4.34 Å². The minimum atomic E-state index is -2.75. The van der Waals surface area contributed by atoms with Gasteiger partial charge in [-0.3, -0.25) is 4.34 Å². The fourth-order valence-corrected chi connectivity index (χ4v) is 2.85. The van der Waals surface area contributed by atoms with Crippen molar-refractivity contribution in [2.75, 3.05) is 18.1 Å². The number of unbranched alkanes of at least 4 members (excludes halogenated alkanes) is 2. The molecule has 80 valence electrons. The molecule has 0 aliphatic carbocycles. The van der Waals surface area contributed by atoms with Crippen LogP contribution in [0.15, 0.2) is 0 Å². The molecule has 0 rings (SSSR count). The SMILES string of the molecule is CCCS(=O)(=O)CCCCCNBr. The molecule has 0 atom stereocenters. The highest BCUT2D eigenvalue weighted by Gasteiger charge is 2.07. The maximum atomic E-state index is 11.2. The average molecular weight is 272 g/mol. The molecule has 0 spiro atoms. The molecule has 13 heavy (non-hydrogen) atoms. The quantitative estimate of drug-likeness (QED) is 0.542. The van der Waals surface area contributed by atoms with Gasteiger partial charge in [0.05, 0.1) is 5.75 Å². The van der Waals surface area contributed by atoms with Crippen LogP contribution >= 0.6 is 16.1 Å². The molecule has 0 radical (unpaired) electrons. The molecular weight excluding hydrogens is 254 g/mol. The average Bonchev–Trinajstić information content (AvgIpc) is 2.04. The van der Waals surface area contributed by atoms with E-state index in [0.29, 0.717) is 11.5 Å². The number of hydrogen-bond donors (Lipinski definition) is 1. The molecule has 0 aromatic heterocycles. The molecule has 0 heterocycles. The van der Waals surface area contributed by atoms with Crippen molar-refractivity contribution in [2.24, 2.45) is 0 Å². The Labute approximate surface area is 89.5 Å². The first-order valence-corrected chi connectivity index (χ1v) is 7.27. The molecule has 3 nitrogen and oxygen atoms in total. The Morgan fingerprint density at radius 2 is 1.85 bits per heavy atom. The van der Waals surface area contributed by atoms with Gasteiger partial charge in [0.1, 0.15) is 9.84 Å². The van der Waals surface area contributed by atoms with E-state index >= 15 is 0 Å². The maximum Gasteiger partial charge on any atom is 0.150 e. The van der Waals surface area contributed by atoms with E-state index in [0.717, 1.165) is 32.2 Å². The summed E-state index contributed by atoms with van der Waals surface area (Å²) in [6, 6.07) is 0. The normalized spacial score (nSPS) is 11.8. The fourth-order valence-electron chi connectivity index (χ4n) is 1.10. The van der Waals surface area contributed by atoms with Crippen LogP contribution in [-0.2, 0) is 9.84 Å². The summed E-state index contributed by atoms with van der Waals surface area (Å²) in [4.78, 5) is 0. The first-order valence-electron chi connectivity index (χ1n) is 4.66. The largest absolute Gasteiger partial charge is 0.256 e. The highest BCUT2D eigenvalue weighted by atomic mass is 79.9. The summed E-state index contributed by atoms with van der Waals surface area (Å²) in [6.45, 7) is 2.79. The molecule has 0 aromatic carbocycles. The number of halogens is 1. The van der Waals surface area contributed by atoms with Gasteiger partial charge in [-0.25, -0.2) is 8.42 Å². The van der Waals surface area contributed by atoms with Crippen molar-refractivity contribution in [2.45, 2.75) is 32.6 Å². The summed E-state index contributed by atoms with van der Waals surface area (Å²) >= 11 is 3.10. The van der Waals surface area contributed by atoms with Crippen molar-refractivity contribution < 1.29 is 8.42 Å². The van der Waals surface area contributed by atoms with Crippen molar-refractivity contribution in [3.63, 3.8) is 0 Å². The number of sulfone groups is 1. The van der Waals surface area contributed by atoms with E-state index in [2.05, 4.69) is 20.5 Å². The number of nitrogens with one attached hydrogen (secondary N) is 1. The van der Waals surface area contributed by atoms with Gasteiger partial charge in [0, 0.05) is 28.4 Å². The van der Waals surface area contributed by atoms with Crippen LogP contribution in [0.3, 0.4) is 0 Å². The van der Waals surface area contributed by atoms with Crippen LogP contribution in [0.1, 0.15) is 32.6 Å². The van der Waals surface area contributed by atoms with Gasteiger partial charge in [-0.2, -0.15) is 0 Å². The maximum absolute atomic E-state index is 11.2. The molecule has 0 saturated carbocycles. The Hall–Kier alpha value is 0.390. The molecule has 0 saturated heterocycles. The minimum Gasteiger partial charge on any atom is -0.256 e. The molecular formula is C8H18BrNO2S. The van der Waals surface area contributed by atoms with E-state index in [1.165, 1.54) is 0 Å². The first-order chi connectivity index (χ1) is 6.12. The summed E-state index contributed by atoms with van der Waals surface area (Å²) in [7, 11) is -2.75. The lowest BCUT2D eigenvalue weighted by atomic mass is 10.2. The second-order valence-corrected chi connectivity index (χ2v) is 5.96. The predicted octanol–water partition coefficient (Wildman–Crippen LogP) is 1.88. The van der Waals surface area contributed by atoms with Gasteiger partial charge in [0.15, 0.2) is 0 Å². The van der Waals surface area contributed by atoms with Crippen molar-refractivity contribution in [1.29, 1.82) is 0 Å². The smallest absolute Gasteiger partial charge is 0.150 e. The van der Waals surface area contributed by atoms with Crippen LogP contribution in [-0.4, -0.2) is 26.5 Å². The monoisotopic (exact) mass is 271 g/mol. The van der Waals surface area contributed by atoms with Crippen molar-refractivity contribution in [3.05, 3.63) is 0 Å². The van der Waals surface area contributed by atoms with Gasteiger partial charge >= 0.3 is 0 Å². The van der Waals surface area contributed by atoms with E-state index in [4.69, 9.17) is 0 Å². The van der Waals surface area contributed by atoms with E-state index in [1.54, 1.807) is 0 Å². The summed E-state index contributed by atoms with van der Waals surface area (Å²) in [5.41, 5.74) is 0. The van der Waals surface area contributed by atoms with Gasteiger partial charge in [0.2, 0.25) is 0 Å². The summed E-state index contributed by atoms with van der Waals surface area (Å²) in [5, 5.41) is 0. The molecule has 0 amide bonds. The molecule has 1 N–H and O–H groups in total. The van der Waals surface area contributed by atoms with Crippen molar-refractivity contribution in [1.82, 2.24) is 4.34 Å². The Morgan fingerprint density at radius 1 is 1.15 bits per heavy atom. The highest BCUT2D eigenvalue weighted by molar-refractivity contribution is 9.08. The second-order valence-electron chi connectivity index (χ2n) is 3.10. The standard InChI is InChI=1S/C8H18BrNO2S/c1-2-7-13(11,12)8-5-3-4-6-10-9/h10H,2-8H2,1H3. The van der Waals surface area contributed by atoms with Gasteiger partial charge in [-0.15, -0.1) is 0 Å². The lowest BCUT2D eigenvalue weighted by Gasteiger charge is -2.01. The molecule has 0 aromatic rings. The molecule has 0 bridgehead atoms. The van der Waals surface area contributed by atoms with E-state index in [9.17, 15) is 8.42 Å². The minimum absolute atomic E-state index is 0.337. The molecule has 0 fully saturated rings. The Balaban J connectivity index is 3.41. The topological polar surface area (TPSA) is 46.2 Å². The zero-order chi connectivity index (χ0) is 10.2. The first kappa shape index (κ1) is 13.4. The van der Waals surface area contributed by atoms with E-state index in [1.807, 2.05) is 6.92 Å². The fraction of sp³-hybridized carbons (Fsp3) is 1.00. The van der Waals surface area contributed by atoms with Crippen LogP contribution in [0.4, 0.5) is 0 Å². The van der Waals surface area contributed by atoms with Gasteiger partial charge in [-0.1, -0.05) is 13.3 Å². The van der Waals surface area contributed by atoms with Gasteiger partial charge in [-0.05, 0) is 19.3 Å². The summed E-state index contributed by atoms with van der Waals surface area (Å²) in [5.74, 6) is 0.687. The lowest BCUT2D eigenvalue weighted by molar-refractivity contribution is 0.588. The van der Waals surface area contributed by atoms with Crippen LogP contribution in [0, 0.1) is 0 Å². The number of rotatable bonds is 8. The zero-order valence-electron chi connectivity index (χ0n) is 8.05. The second kappa shape index (κ2) is 7.76. The van der Waals surface area contributed by atoms with Crippen LogP contribution in [0.25, 0.3) is 0 Å². The predicted molar refractivity (Wildman–Crippen MR) is 59.7 cm³/mol. The zero-order valence-corrected chi connectivity index (χ0v) is 10.5. The third kappa shape index (κ3) is 8.71. The number of hydrogen-bond acceptors (Lipinski definition) is 3. The Kier molecular flexibility index (Phi) is 8.00. The molecule has 0 aliphatic heterocycles. The molecule has 5 heteroatoms. The van der Waals surface area contributed by atoms with Gasteiger partial charge in [0.25, 0.3) is 0 Å². The highest BCUT2D eigenvalue weighted by Crippen LogP contribution is 2.01. The van der Waals surface area contributed by atoms with Crippen molar-refractivity contribution >= 4 is 26.0 Å². The lowest BCUT2D eigenvalue weighted by Crippen LogP contribution is -2.10. The van der Waals surface area contributed by atoms with Crippen LogP contribution in [0.2, 0.25) is 0 Å². The van der Waals surface area contributed by atoms with E-state index in [-0.39, 0.29) is 0 Å².